The molecule has 0 fully saturated rings. The number of alkyl halides is 3. The molecular weight excluding hydrogens is 351 g/mol. The highest BCUT2D eigenvalue weighted by Gasteiger charge is 2.30. The molecule has 0 aliphatic heterocycles. The molecule has 0 spiro atoms. The Morgan fingerprint density at radius 1 is 1.38 bits per heavy atom. The summed E-state index contributed by atoms with van der Waals surface area (Å²) >= 11 is 6.29. The first kappa shape index (κ1) is 13.6. The van der Waals surface area contributed by atoms with Gasteiger partial charge in [-0.15, -0.1) is 0 Å². The van der Waals surface area contributed by atoms with Crippen LogP contribution in [0.25, 0.3) is 0 Å². The van der Waals surface area contributed by atoms with Gasteiger partial charge in [0.2, 0.25) is 0 Å². The quantitative estimate of drug-likeness (QED) is 0.819. The minimum Gasteiger partial charge on any atom is -0.380 e. The molecule has 0 aromatic heterocycles. The number of halogens is 5. The standard InChI is InChI=1S/C10H8Br2F3N/c1-6(11)5-16-9-4-7(10(13,14)15)2-3-8(9)12/h2-4,16H,1,5H2. The van der Waals surface area contributed by atoms with E-state index in [0.29, 0.717) is 21.2 Å². The Kier molecular flexibility index (Phi) is 4.43. The van der Waals surface area contributed by atoms with Crippen LogP contribution in [-0.2, 0) is 6.18 Å². The van der Waals surface area contributed by atoms with E-state index in [1.165, 1.54) is 6.07 Å². The fourth-order valence-corrected chi connectivity index (χ4v) is 1.56. The summed E-state index contributed by atoms with van der Waals surface area (Å²) in [6.07, 6.45) is -4.33. The molecule has 88 valence electrons. The molecule has 1 N–H and O–H groups in total. The highest BCUT2D eigenvalue weighted by atomic mass is 79.9. The Labute approximate surface area is 108 Å². The Balaban J connectivity index is 2.95. The summed E-state index contributed by atoms with van der Waals surface area (Å²) in [5.41, 5.74) is -0.297. The summed E-state index contributed by atoms with van der Waals surface area (Å²) in [5, 5.41) is 2.83. The molecule has 0 atom stereocenters. The lowest BCUT2D eigenvalue weighted by molar-refractivity contribution is -0.137. The van der Waals surface area contributed by atoms with Gasteiger partial charge in [-0.3, -0.25) is 0 Å². The molecule has 0 aliphatic carbocycles. The minimum atomic E-state index is -4.33. The molecule has 0 saturated heterocycles. The molecule has 0 radical (unpaired) electrons. The fraction of sp³-hybridized carbons (Fsp3) is 0.200. The van der Waals surface area contributed by atoms with Crippen LogP contribution in [0.2, 0.25) is 0 Å². The van der Waals surface area contributed by atoms with Crippen molar-refractivity contribution >= 4 is 37.5 Å². The van der Waals surface area contributed by atoms with Crippen LogP contribution in [0.1, 0.15) is 5.56 Å². The topological polar surface area (TPSA) is 12.0 Å². The van der Waals surface area contributed by atoms with Gasteiger partial charge >= 0.3 is 6.18 Å². The van der Waals surface area contributed by atoms with E-state index in [1.807, 2.05) is 0 Å². The second-order valence-corrected chi connectivity index (χ2v) is 5.04. The van der Waals surface area contributed by atoms with Crippen LogP contribution < -0.4 is 5.32 Å². The van der Waals surface area contributed by atoms with Gasteiger partial charge in [-0.1, -0.05) is 22.5 Å². The Bertz CT molecular complexity index is 402. The third-order valence-corrected chi connectivity index (χ3v) is 2.74. The number of rotatable bonds is 3. The monoisotopic (exact) mass is 357 g/mol. The summed E-state index contributed by atoms with van der Waals surface area (Å²) in [6, 6.07) is 3.44. The zero-order valence-corrected chi connectivity index (χ0v) is 11.2. The van der Waals surface area contributed by atoms with Gasteiger partial charge in [0.1, 0.15) is 0 Å². The molecule has 0 bridgehead atoms. The molecule has 1 rings (SSSR count). The summed E-state index contributed by atoms with van der Waals surface area (Å²) < 4.78 is 38.5. The van der Waals surface area contributed by atoms with Crippen molar-refractivity contribution in [2.75, 3.05) is 11.9 Å². The second kappa shape index (κ2) is 5.23. The van der Waals surface area contributed by atoms with E-state index in [-0.39, 0.29) is 0 Å². The molecule has 0 saturated carbocycles. The molecule has 1 nitrogen and oxygen atoms in total. The van der Waals surface area contributed by atoms with E-state index in [1.54, 1.807) is 0 Å². The van der Waals surface area contributed by atoms with Crippen LogP contribution in [0, 0.1) is 0 Å². The highest BCUT2D eigenvalue weighted by Crippen LogP contribution is 2.33. The van der Waals surface area contributed by atoms with E-state index in [9.17, 15) is 13.2 Å². The molecule has 1 aromatic rings. The molecule has 0 aliphatic rings. The van der Waals surface area contributed by atoms with Crippen molar-refractivity contribution in [3.63, 3.8) is 0 Å². The fourth-order valence-electron chi connectivity index (χ4n) is 1.03. The normalized spacial score (nSPS) is 11.3. The number of nitrogens with one attached hydrogen (secondary N) is 1. The van der Waals surface area contributed by atoms with Crippen molar-refractivity contribution in [3.8, 4) is 0 Å². The van der Waals surface area contributed by atoms with Gasteiger partial charge in [-0.25, -0.2) is 0 Å². The molecular formula is C10H8Br2F3N. The maximum Gasteiger partial charge on any atom is 0.416 e. The Morgan fingerprint density at radius 2 is 2.00 bits per heavy atom. The average Bonchev–Trinajstić information content (AvgIpc) is 2.14. The van der Waals surface area contributed by atoms with Gasteiger partial charge in [0, 0.05) is 21.2 Å². The summed E-state index contributed by atoms with van der Waals surface area (Å²) in [6.45, 7) is 3.95. The number of hydrogen-bond donors (Lipinski definition) is 1. The van der Waals surface area contributed by atoms with Gasteiger partial charge in [0.15, 0.2) is 0 Å². The first-order valence-corrected chi connectivity index (χ1v) is 5.83. The van der Waals surface area contributed by atoms with Crippen LogP contribution in [0.15, 0.2) is 33.7 Å². The predicted octanol–water partition coefficient (Wildman–Crippen LogP) is 4.79. The van der Waals surface area contributed by atoms with E-state index in [2.05, 4.69) is 43.8 Å². The van der Waals surface area contributed by atoms with Crippen LogP contribution in [-0.4, -0.2) is 6.54 Å². The lowest BCUT2D eigenvalue weighted by Gasteiger charge is -2.12. The van der Waals surface area contributed by atoms with Crippen molar-refractivity contribution in [2.45, 2.75) is 6.18 Å². The molecule has 0 heterocycles. The van der Waals surface area contributed by atoms with Crippen molar-refractivity contribution in [1.82, 2.24) is 0 Å². The van der Waals surface area contributed by atoms with E-state index < -0.39 is 11.7 Å². The zero-order chi connectivity index (χ0) is 12.3. The predicted molar refractivity (Wildman–Crippen MR) is 65.7 cm³/mol. The van der Waals surface area contributed by atoms with Gasteiger partial charge in [-0.05, 0) is 34.1 Å². The average molecular weight is 359 g/mol. The van der Waals surface area contributed by atoms with E-state index >= 15 is 0 Å². The number of hydrogen-bond acceptors (Lipinski definition) is 1. The van der Waals surface area contributed by atoms with E-state index in [0.717, 1.165) is 12.1 Å². The summed E-state index contributed by atoms with van der Waals surface area (Å²) in [5.74, 6) is 0. The van der Waals surface area contributed by atoms with Crippen molar-refractivity contribution in [2.24, 2.45) is 0 Å². The first-order chi connectivity index (χ1) is 7.30. The second-order valence-electron chi connectivity index (χ2n) is 3.06. The maximum atomic E-state index is 12.4. The maximum absolute atomic E-state index is 12.4. The van der Waals surface area contributed by atoms with E-state index in [4.69, 9.17) is 0 Å². The number of benzene rings is 1. The Morgan fingerprint density at radius 3 is 2.50 bits per heavy atom. The van der Waals surface area contributed by atoms with Crippen LogP contribution in [0.3, 0.4) is 0 Å². The molecule has 0 amide bonds. The molecule has 16 heavy (non-hydrogen) atoms. The summed E-state index contributed by atoms with van der Waals surface area (Å²) in [7, 11) is 0. The van der Waals surface area contributed by atoms with Crippen molar-refractivity contribution < 1.29 is 13.2 Å². The summed E-state index contributed by atoms with van der Waals surface area (Å²) in [4.78, 5) is 0. The van der Waals surface area contributed by atoms with Crippen LogP contribution in [0.5, 0.6) is 0 Å². The van der Waals surface area contributed by atoms with Crippen molar-refractivity contribution in [1.29, 1.82) is 0 Å². The largest absolute Gasteiger partial charge is 0.416 e. The van der Waals surface area contributed by atoms with Crippen LogP contribution in [0.4, 0.5) is 18.9 Å². The minimum absolute atomic E-state index is 0.361. The third kappa shape index (κ3) is 3.83. The highest BCUT2D eigenvalue weighted by molar-refractivity contribution is 9.11. The van der Waals surface area contributed by atoms with Gasteiger partial charge in [0.05, 0.1) is 5.56 Å². The smallest absolute Gasteiger partial charge is 0.380 e. The SMILES string of the molecule is C=C(Br)CNc1cc(C(F)(F)F)ccc1Br. The van der Waals surface area contributed by atoms with Gasteiger partial charge in [0.25, 0.3) is 0 Å². The molecule has 0 unspecified atom stereocenters. The van der Waals surface area contributed by atoms with Crippen LogP contribution >= 0.6 is 31.9 Å². The van der Waals surface area contributed by atoms with Crippen molar-refractivity contribution in [3.05, 3.63) is 39.3 Å². The number of anilines is 1. The third-order valence-electron chi connectivity index (χ3n) is 1.76. The van der Waals surface area contributed by atoms with Gasteiger partial charge < -0.3 is 5.32 Å². The zero-order valence-electron chi connectivity index (χ0n) is 8.04. The molecule has 1 aromatic carbocycles. The Hall–Kier alpha value is -0.490. The lowest BCUT2D eigenvalue weighted by Crippen LogP contribution is -2.07. The first-order valence-electron chi connectivity index (χ1n) is 4.24. The molecule has 6 heteroatoms. The lowest BCUT2D eigenvalue weighted by atomic mass is 10.2. The van der Waals surface area contributed by atoms with Gasteiger partial charge in [-0.2, -0.15) is 13.2 Å².